The molecule has 2 rings (SSSR count). The van der Waals surface area contributed by atoms with Crippen molar-refractivity contribution >= 4 is 11.7 Å². The number of carbonyl (C=O) groups is 1. The lowest BCUT2D eigenvalue weighted by atomic mass is 10.0. The van der Waals surface area contributed by atoms with Gasteiger partial charge in [0.1, 0.15) is 0 Å². The Morgan fingerprint density at radius 1 is 1.26 bits per heavy atom. The number of hydrogen-bond donors (Lipinski definition) is 2. The second-order valence-corrected chi connectivity index (χ2v) is 6.73. The summed E-state index contributed by atoms with van der Waals surface area (Å²) in [4.78, 5) is 11.2. The summed E-state index contributed by atoms with van der Waals surface area (Å²) in [5.74, 6) is -0.307. The number of aromatic carboxylic acids is 1. The molecule has 1 aliphatic rings. The smallest absolute Gasteiger partial charge is 0.337 e. The molecule has 1 aromatic carbocycles. The standard InChI is InChI=1S/C16H23NO2/c1-10-6-7-11(14(18)19)12(8-10)17-9-13-15(2,3)16(13,4)5/h6-8,13,17H,9H2,1-5H3,(H,18,19). The van der Waals surface area contributed by atoms with Gasteiger partial charge in [-0.3, -0.25) is 0 Å². The van der Waals surface area contributed by atoms with E-state index < -0.39 is 5.97 Å². The van der Waals surface area contributed by atoms with Gasteiger partial charge in [-0.2, -0.15) is 0 Å². The molecule has 1 aliphatic carbocycles. The van der Waals surface area contributed by atoms with Crippen LogP contribution in [0.3, 0.4) is 0 Å². The Morgan fingerprint density at radius 3 is 2.32 bits per heavy atom. The molecule has 104 valence electrons. The first kappa shape index (κ1) is 13.9. The number of anilines is 1. The van der Waals surface area contributed by atoms with Gasteiger partial charge in [-0.15, -0.1) is 0 Å². The number of benzene rings is 1. The van der Waals surface area contributed by atoms with Gasteiger partial charge >= 0.3 is 5.97 Å². The summed E-state index contributed by atoms with van der Waals surface area (Å²) in [5.41, 5.74) is 2.77. The van der Waals surface area contributed by atoms with E-state index in [0.717, 1.165) is 17.8 Å². The minimum atomic E-state index is -0.878. The van der Waals surface area contributed by atoms with Crippen LogP contribution < -0.4 is 5.32 Å². The Labute approximate surface area is 115 Å². The van der Waals surface area contributed by atoms with Crippen LogP contribution in [0.25, 0.3) is 0 Å². The molecular weight excluding hydrogens is 238 g/mol. The maximum atomic E-state index is 11.2. The molecule has 1 fully saturated rings. The van der Waals surface area contributed by atoms with Gasteiger partial charge in [0.25, 0.3) is 0 Å². The van der Waals surface area contributed by atoms with E-state index >= 15 is 0 Å². The molecule has 0 saturated heterocycles. The Morgan fingerprint density at radius 2 is 1.84 bits per heavy atom. The number of nitrogens with one attached hydrogen (secondary N) is 1. The first-order chi connectivity index (χ1) is 8.68. The average molecular weight is 261 g/mol. The van der Waals surface area contributed by atoms with Crippen molar-refractivity contribution in [2.75, 3.05) is 11.9 Å². The first-order valence-corrected chi connectivity index (χ1v) is 6.75. The third-order valence-electron chi connectivity index (χ3n) is 5.22. The first-order valence-electron chi connectivity index (χ1n) is 6.75. The van der Waals surface area contributed by atoms with Crippen LogP contribution in [-0.4, -0.2) is 17.6 Å². The fraction of sp³-hybridized carbons (Fsp3) is 0.562. The Hall–Kier alpha value is -1.51. The van der Waals surface area contributed by atoms with Crippen LogP contribution in [0, 0.1) is 23.7 Å². The molecule has 0 aromatic heterocycles. The quantitative estimate of drug-likeness (QED) is 0.867. The lowest BCUT2D eigenvalue weighted by Gasteiger charge is -2.11. The van der Waals surface area contributed by atoms with Crippen LogP contribution in [-0.2, 0) is 0 Å². The highest BCUT2D eigenvalue weighted by Crippen LogP contribution is 2.68. The van der Waals surface area contributed by atoms with E-state index in [1.54, 1.807) is 6.07 Å². The highest BCUT2D eigenvalue weighted by molar-refractivity contribution is 5.94. The van der Waals surface area contributed by atoms with Crippen molar-refractivity contribution in [3.05, 3.63) is 29.3 Å². The molecule has 0 bridgehead atoms. The van der Waals surface area contributed by atoms with Crippen molar-refractivity contribution in [3.8, 4) is 0 Å². The van der Waals surface area contributed by atoms with Crippen molar-refractivity contribution in [2.24, 2.45) is 16.7 Å². The van der Waals surface area contributed by atoms with Gasteiger partial charge in [-0.05, 0) is 41.4 Å². The molecule has 1 saturated carbocycles. The molecule has 3 heteroatoms. The maximum Gasteiger partial charge on any atom is 0.337 e. The Bertz CT molecular complexity index is 503. The molecule has 0 heterocycles. The van der Waals surface area contributed by atoms with Crippen molar-refractivity contribution < 1.29 is 9.90 Å². The van der Waals surface area contributed by atoms with Crippen molar-refractivity contribution in [1.82, 2.24) is 0 Å². The van der Waals surface area contributed by atoms with Gasteiger partial charge in [0.05, 0.1) is 5.56 Å². The molecule has 3 nitrogen and oxygen atoms in total. The topological polar surface area (TPSA) is 49.3 Å². The van der Waals surface area contributed by atoms with E-state index in [2.05, 4.69) is 33.0 Å². The predicted molar refractivity (Wildman–Crippen MR) is 77.7 cm³/mol. The van der Waals surface area contributed by atoms with Gasteiger partial charge in [-0.1, -0.05) is 33.8 Å². The second-order valence-electron chi connectivity index (χ2n) is 6.73. The largest absolute Gasteiger partial charge is 0.478 e. The SMILES string of the molecule is Cc1ccc(C(=O)O)c(NCC2C(C)(C)C2(C)C)c1. The number of aryl methyl sites for hydroxylation is 1. The van der Waals surface area contributed by atoms with Crippen LogP contribution in [0.2, 0.25) is 0 Å². The second kappa shape index (κ2) is 4.26. The summed E-state index contributed by atoms with van der Waals surface area (Å²) in [6, 6.07) is 5.41. The summed E-state index contributed by atoms with van der Waals surface area (Å²) in [6.07, 6.45) is 0. The van der Waals surface area contributed by atoms with Gasteiger partial charge in [0.15, 0.2) is 0 Å². The summed E-state index contributed by atoms with van der Waals surface area (Å²) in [6.45, 7) is 11.9. The fourth-order valence-electron chi connectivity index (χ4n) is 3.05. The van der Waals surface area contributed by atoms with Crippen LogP contribution in [0.1, 0.15) is 43.6 Å². The van der Waals surface area contributed by atoms with Crippen molar-refractivity contribution in [2.45, 2.75) is 34.6 Å². The van der Waals surface area contributed by atoms with Gasteiger partial charge < -0.3 is 10.4 Å². The van der Waals surface area contributed by atoms with Crippen molar-refractivity contribution in [1.29, 1.82) is 0 Å². The van der Waals surface area contributed by atoms with Crippen LogP contribution in [0.5, 0.6) is 0 Å². The average Bonchev–Trinajstić information content (AvgIpc) is 2.66. The highest BCUT2D eigenvalue weighted by Gasteiger charge is 2.64. The molecule has 1 aromatic rings. The molecule has 0 spiro atoms. The van der Waals surface area contributed by atoms with Crippen LogP contribution >= 0.6 is 0 Å². The molecule has 0 radical (unpaired) electrons. The maximum absolute atomic E-state index is 11.2. The van der Waals surface area contributed by atoms with Crippen molar-refractivity contribution in [3.63, 3.8) is 0 Å². The fourth-order valence-corrected chi connectivity index (χ4v) is 3.05. The zero-order chi connectivity index (χ0) is 14.4. The number of carboxylic acid groups (broad SMARTS) is 1. The molecule has 19 heavy (non-hydrogen) atoms. The van der Waals surface area contributed by atoms with Gasteiger partial charge in [0, 0.05) is 12.2 Å². The third kappa shape index (κ3) is 2.22. The molecule has 0 aliphatic heterocycles. The van der Waals surface area contributed by atoms with Crippen LogP contribution in [0.15, 0.2) is 18.2 Å². The highest BCUT2D eigenvalue weighted by atomic mass is 16.4. The van der Waals surface area contributed by atoms with Gasteiger partial charge in [-0.25, -0.2) is 4.79 Å². The van der Waals surface area contributed by atoms with E-state index in [9.17, 15) is 9.90 Å². The Kier molecular flexibility index (Phi) is 3.12. The minimum Gasteiger partial charge on any atom is -0.478 e. The predicted octanol–water partition coefficient (Wildman–Crippen LogP) is 3.79. The van der Waals surface area contributed by atoms with Gasteiger partial charge in [0.2, 0.25) is 0 Å². The number of rotatable bonds is 4. The minimum absolute atomic E-state index is 0.313. The summed E-state index contributed by atoms with van der Waals surface area (Å²) in [5, 5.41) is 12.5. The molecule has 0 amide bonds. The molecule has 0 atom stereocenters. The summed E-state index contributed by atoms with van der Waals surface area (Å²) < 4.78 is 0. The molecule has 2 N–H and O–H groups in total. The lowest BCUT2D eigenvalue weighted by Crippen LogP contribution is -2.11. The molecular formula is C16H23NO2. The Balaban J connectivity index is 2.13. The zero-order valence-corrected chi connectivity index (χ0v) is 12.4. The monoisotopic (exact) mass is 261 g/mol. The van der Waals surface area contributed by atoms with E-state index in [1.165, 1.54) is 0 Å². The number of hydrogen-bond acceptors (Lipinski definition) is 2. The van der Waals surface area contributed by atoms with Crippen LogP contribution in [0.4, 0.5) is 5.69 Å². The van der Waals surface area contributed by atoms with E-state index in [-0.39, 0.29) is 0 Å². The van der Waals surface area contributed by atoms with E-state index in [1.807, 2.05) is 19.1 Å². The molecule has 0 unspecified atom stereocenters. The summed E-state index contributed by atoms with van der Waals surface area (Å²) in [7, 11) is 0. The summed E-state index contributed by atoms with van der Waals surface area (Å²) >= 11 is 0. The lowest BCUT2D eigenvalue weighted by molar-refractivity contribution is 0.0698. The zero-order valence-electron chi connectivity index (χ0n) is 12.4. The van der Waals surface area contributed by atoms with E-state index in [4.69, 9.17) is 0 Å². The number of carboxylic acids is 1. The third-order valence-corrected chi connectivity index (χ3v) is 5.22. The normalized spacial score (nSPS) is 20.1. The van der Waals surface area contributed by atoms with E-state index in [0.29, 0.717) is 22.3 Å².